The molecule has 1 N–H and O–H groups in total. The van der Waals surface area contributed by atoms with Crippen molar-refractivity contribution >= 4 is 5.82 Å². The molecule has 0 spiro atoms. The number of aromatic nitrogens is 2. The van der Waals surface area contributed by atoms with E-state index in [9.17, 15) is 4.79 Å². The fourth-order valence-corrected chi connectivity index (χ4v) is 1.64. The molecule has 0 unspecified atom stereocenters. The molecular formula is C13H23N3O2. The number of anilines is 1. The van der Waals surface area contributed by atoms with E-state index in [4.69, 9.17) is 4.74 Å². The largest absolute Gasteiger partial charge is 0.385 e. The van der Waals surface area contributed by atoms with E-state index < -0.39 is 0 Å². The molecule has 1 aromatic heterocycles. The van der Waals surface area contributed by atoms with Crippen LogP contribution in [0.1, 0.15) is 33.6 Å². The molecule has 1 rings (SSSR count). The quantitative estimate of drug-likeness (QED) is 0.786. The molecule has 18 heavy (non-hydrogen) atoms. The first-order valence-corrected chi connectivity index (χ1v) is 6.28. The Bertz CT molecular complexity index is 421. The van der Waals surface area contributed by atoms with Crippen LogP contribution in [0.15, 0.2) is 17.2 Å². The standard InChI is InChI=1S/C13H23N3O2/c1-13(2,3)16-9-8-15-11(12(16)17)14-7-5-6-10-18-4/h8-9H,5-7,10H2,1-4H3,(H,14,15). The fourth-order valence-electron chi connectivity index (χ4n) is 1.64. The van der Waals surface area contributed by atoms with Gasteiger partial charge in [0.25, 0.3) is 5.56 Å². The van der Waals surface area contributed by atoms with Crippen LogP contribution in [0.2, 0.25) is 0 Å². The maximum Gasteiger partial charge on any atom is 0.293 e. The summed E-state index contributed by atoms with van der Waals surface area (Å²) in [5.74, 6) is 0.421. The predicted molar refractivity (Wildman–Crippen MR) is 73.1 cm³/mol. The first-order chi connectivity index (χ1) is 8.46. The van der Waals surface area contributed by atoms with Gasteiger partial charge in [0.15, 0.2) is 5.82 Å². The molecule has 0 fully saturated rings. The molecule has 0 aliphatic heterocycles. The first-order valence-electron chi connectivity index (χ1n) is 6.28. The van der Waals surface area contributed by atoms with Crippen LogP contribution in [0.5, 0.6) is 0 Å². The van der Waals surface area contributed by atoms with Gasteiger partial charge in [-0.1, -0.05) is 0 Å². The van der Waals surface area contributed by atoms with Gasteiger partial charge < -0.3 is 14.6 Å². The number of nitrogens with zero attached hydrogens (tertiary/aromatic N) is 2. The zero-order valence-electron chi connectivity index (χ0n) is 11.7. The third-order valence-corrected chi connectivity index (χ3v) is 2.63. The highest BCUT2D eigenvalue weighted by atomic mass is 16.5. The van der Waals surface area contributed by atoms with Gasteiger partial charge in [0.2, 0.25) is 0 Å². The van der Waals surface area contributed by atoms with Gasteiger partial charge in [-0.25, -0.2) is 4.98 Å². The van der Waals surface area contributed by atoms with E-state index in [2.05, 4.69) is 10.3 Å². The van der Waals surface area contributed by atoms with E-state index in [1.807, 2.05) is 20.8 Å². The number of nitrogens with one attached hydrogen (secondary N) is 1. The summed E-state index contributed by atoms with van der Waals surface area (Å²) >= 11 is 0. The minimum atomic E-state index is -0.230. The molecule has 0 atom stereocenters. The Morgan fingerprint density at radius 3 is 2.72 bits per heavy atom. The number of methoxy groups -OCH3 is 1. The van der Waals surface area contributed by atoms with Gasteiger partial charge in [0.1, 0.15) is 0 Å². The summed E-state index contributed by atoms with van der Waals surface area (Å²) < 4.78 is 6.66. The summed E-state index contributed by atoms with van der Waals surface area (Å²) in [6.07, 6.45) is 5.31. The fraction of sp³-hybridized carbons (Fsp3) is 0.692. The Morgan fingerprint density at radius 1 is 1.39 bits per heavy atom. The lowest BCUT2D eigenvalue weighted by Crippen LogP contribution is -2.35. The second kappa shape index (κ2) is 6.54. The second-order valence-electron chi connectivity index (χ2n) is 5.25. The molecule has 0 aliphatic rings. The molecule has 1 heterocycles. The van der Waals surface area contributed by atoms with E-state index in [1.54, 1.807) is 24.1 Å². The van der Waals surface area contributed by atoms with E-state index in [0.29, 0.717) is 5.82 Å². The highest BCUT2D eigenvalue weighted by Gasteiger charge is 2.16. The summed E-state index contributed by atoms with van der Waals surface area (Å²) in [5.41, 5.74) is -0.302. The summed E-state index contributed by atoms with van der Waals surface area (Å²) in [4.78, 5) is 16.2. The maximum atomic E-state index is 12.1. The molecule has 5 nitrogen and oxygen atoms in total. The van der Waals surface area contributed by atoms with E-state index in [1.165, 1.54) is 0 Å². The zero-order valence-corrected chi connectivity index (χ0v) is 11.7. The second-order valence-corrected chi connectivity index (χ2v) is 5.25. The van der Waals surface area contributed by atoms with Gasteiger partial charge in [-0.15, -0.1) is 0 Å². The van der Waals surface area contributed by atoms with Crippen LogP contribution in [0.4, 0.5) is 5.82 Å². The number of hydrogen-bond donors (Lipinski definition) is 1. The minimum absolute atomic E-state index is 0.0725. The van der Waals surface area contributed by atoms with Crippen molar-refractivity contribution in [1.29, 1.82) is 0 Å². The van der Waals surface area contributed by atoms with Gasteiger partial charge in [0.05, 0.1) is 0 Å². The summed E-state index contributed by atoms with van der Waals surface area (Å²) in [6.45, 7) is 7.47. The SMILES string of the molecule is COCCCCNc1nccn(C(C)(C)C)c1=O. The monoisotopic (exact) mass is 253 g/mol. The minimum Gasteiger partial charge on any atom is -0.385 e. The van der Waals surface area contributed by atoms with Crippen molar-refractivity contribution in [2.45, 2.75) is 39.2 Å². The maximum absolute atomic E-state index is 12.1. The molecular weight excluding hydrogens is 230 g/mol. The van der Waals surface area contributed by atoms with Crippen LogP contribution in [0.25, 0.3) is 0 Å². The highest BCUT2D eigenvalue weighted by molar-refractivity contribution is 5.30. The smallest absolute Gasteiger partial charge is 0.293 e. The molecule has 1 aromatic rings. The summed E-state index contributed by atoms with van der Waals surface area (Å²) in [7, 11) is 1.69. The lowest BCUT2D eigenvalue weighted by atomic mass is 10.1. The van der Waals surface area contributed by atoms with Crippen LogP contribution in [-0.4, -0.2) is 29.8 Å². The predicted octanol–water partition coefficient (Wildman–Crippen LogP) is 1.84. The van der Waals surface area contributed by atoms with Gasteiger partial charge in [-0.3, -0.25) is 4.79 Å². The number of hydrogen-bond acceptors (Lipinski definition) is 4. The van der Waals surface area contributed by atoms with E-state index in [0.717, 1.165) is 26.0 Å². The van der Waals surface area contributed by atoms with Crippen molar-refractivity contribution in [1.82, 2.24) is 9.55 Å². The molecule has 5 heteroatoms. The normalized spacial score (nSPS) is 11.6. The number of unbranched alkanes of at least 4 members (excludes halogenated alkanes) is 1. The Morgan fingerprint density at radius 2 is 2.11 bits per heavy atom. The van der Waals surface area contributed by atoms with Gasteiger partial charge in [-0.2, -0.15) is 0 Å². The Labute approximate surface area is 108 Å². The van der Waals surface area contributed by atoms with Crippen LogP contribution in [0.3, 0.4) is 0 Å². The van der Waals surface area contributed by atoms with Crippen molar-refractivity contribution in [2.24, 2.45) is 0 Å². The topological polar surface area (TPSA) is 56.1 Å². The Kier molecular flexibility index (Phi) is 5.34. The van der Waals surface area contributed by atoms with Crippen molar-refractivity contribution in [3.63, 3.8) is 0 Å². The third kappa shape index (κ3) is 4.14. The van der Waals surface area contributed by atoms with Crippen LogP contribution < -0.4 is 10.9 Å². The molecule has 0 radical (unpaired) electrons. The average Bonchev–Trinajstić information content (AvgIpc) is 2.29. The third-order valence-electron chi connectivity index (χ3n) is 2.63. The first kappa shape index (κ1) is 14.7. The van der Waals surface area contributed by atoms with Crippen LogP contribution in [-0.2, 0) is 10.3 Å². The molecule has 0 bridgehead atoms. The Balaban J connectivity index is 2.65. The van der Waals surface area contributed by atoms with E-state index in [-0.39, 0.29) is 11.1 Å². The van der Waals surface area contributed by atoms with Gasteiger partial charge >= 0.3 is 0 Å². The molecule has 102 valence electrons. The summed E-state index contributed by atoms with van der Waals surface area (Å²) in [5, 5.41) is 3.08. The molecule has 0 amide bonds. The zero-order chi connectivity index (χ0) is 13.6. The molecule has 0 saturated carbocycles. The number of rotatable bonds is 6. The van der Waals surface area contributed by atoms with Crippen LogP contribution in [0, 0.1) is 0 Å². The van der Waals surface area contributed by atoms with Crippen molar-refractivity contribution in [3.8, 4) is 0 Å². The molecule has 0 aliphatic carbocycles. The average molecular weight is 253 g/mol. The van der Waals surface area contributed by atoms with Crippen molar-refractivity contribution < 1.29 is 4.74 Å². The Hall–Kier alpha value is -1.36. The number of ether oxygens (including phenoxy) is 1. The highest BCUT2D eigenvalue weighted by Crippen LogP contribution is 2.10. The lowest BCUT2D eigenvalue weighted by molar-refractivity contribution is 0.194. The van der Waals surface area contributed by atoms with Crippen molar-refractivity contribution in [2.75, 3.05) is 25.6 Å². The van der Waals surface area contributed by atoms with E-state index >= 15 is 0 Å². The van der Waals surface area contributed by atoms with Gasteiger partial charge in [-0.05, 0) is 33.6 Å². The summed E-state index contributed by atoms with van der Waals surface area (Å²) in [6, 6.07) is 0. The molecule has 0 saturated heterocycles. The molecule has 0 aromatic carbocycles. The van der Waals surface area contributed by atoms with Gasteiger partial charge in [0, 0.05) is 38.2 Å². The van der Waals surface area contributed by atoms with Crippen LogP contribution >= 0.6 is 0 Å². The lowest BCUT2D eigenvalue weighted by Gasteiger charge is -2.22. The van der Waals surface area contributed by atoms with Crippen molar-refractivity contribution in [3.05, 3.63) is 22.7 Å².